The van der Waals surface area contributed by atoms with Crippen molar-refractivity contribution in [2.75, 3.05) is 6.61 Å². The number of thiophene rings is 1. The Morgan fingerprint density at radius 3 is 2.71 bits per heavy atom. The van der Waals surface area contributed by atoms with Crippen molar-refractivity contribution in [2.24, 2.45) is 0 Å². The van der Waals surface area contributed by atoms with E-state index in [-0.39, 0.29) is 23.2 Å². The number of thiazole rings is 1. The van der Waals surface area contributed by atoms with E-state index in [4.69, 9.17) is 4.74 Å². The van der Waals surface area contributed by atoms with E-state index in [1.165, 1.54) is 4.88 Å². The van der Waals surface area contributed by atoms with Crippen LogP contribution >= 0.6 is 22.7 Å². The van der Waals surface area contributed by atoms with E-state index < -0.39 is 5.97 Å². The molecule has 0 saturated carbocycles. The number of rotatable bonds is 6. The Hall–Kier alpha value is -1.73. The van der Waals surface area contributed by atoms with Gasteiger partial charge in [-0.25, -0.2) is 9.78 Å². The highest BCUT2D eigenvalue weighted by Crippen LogP contribution is 2.17. The summed E-state index contributed by atoms with van der Waals surface area (Å²) in [7, 11) is 0. The van der Waals surface area contributed by atoms with Gasteiger partial charge < -0.3 is 10.1 Å². The Labute approximate surface area is 131 Å². The molecule has 0 spiro atoms. The summed E-state index contributed by atoms with van der Waals surface area (Å²) >= 11 is 2.79. The third kappa shape index (κ3) is 4.12. The molecule has 0 bridgehead atoms. The number of esters is 1. The number of nitrogens with zero attached hydrogens (tertiary/aromatic N) is 1. The molecule has 1 N–H and O–H groups in total. The van der Waals surface area contributed by atoms with Crippen LogP contribution in [-0.2, 0) is 17.7 Å². The van der Waals surface area contributed by atoms with Crippen LogP contribution in [0.2, 0.25) is 0 Å². The predicted molar refractivity (Wildman–Crippen MR) is 82.9 cm³/mol. The molecular weight excluding hydrogens is 308 g/mol. The Morgan fingerprint density at radius 1 is 1.29 bits per heavy atom. The SMILES string of the molecule is CCOC(=O)c1nc(C(=O)NCc2ccc(CC)s2)cs1. The molecule has 7 heteroatoms. The van der Waals surface area contributed by atoms with E-state index in [0.29, 0.717) is 6.54 Å². The highest BCUT2D eigenvalue weighted by atomic mass is 32.1. The molecule has 0 saturated heterocycles. The van der Waals surface area contributed by atoms with Gasteiger partial charge in [-0.15, -0.1) is 22.7 Å². The molecule has 2 aromatic rings. The second kappa shape index (κ2) is 7.33. The Bertz CT molecular complexity index is 634. The zero-order valence-electron chi connectivity index (χ0n) is 11.8. The first kappa shape index (κ1) is 15.7. The number of aryl methyl sites for hydroxylation is 1. The van der Waals surface area contributed by atoms with Gasteiger partial charge in [0.15, 0.2) is 0 Å². The number of amides is 1. The van der Waals surface area contributed by atoms with E-state index in [1.54, 1.807) is 23.6 Å². The van der Waals surface area contributed by atoms with Crippen LogP contribution in [0.5, 0.6) is 0 Å². The normalized spacial score (nSPS) is 10.4. The number of aromatic nitrogens is 1. The highest BCUT2D eigenvalue weighted by molar-refractivity contribution is 7.12. The lowest BCUT2D eigenvalue weighted by atomic mass is 10.3. The van der Waals surface area contributed by atoms with E-state index in [2.05, 4.69) is 23.3 Å². The van der Waals surface area contributed by atoms with Crippen molar-refractivity contribution in [3.05, 3.63) is 38.0 Å². The third-order valence-corrected chi connectivity index (χ3v) is 4.73. The zero-order chi connectivity index (χ0) is 15.2. The summed E-state index contributed by atoms with van der Waals surface area (Å²) in [4.78, 5) is 29.9. The lowest BCUT2D eigenvalue weighted by Crippen LogP contribution is -2.22. The molecule has 0 atom stereocenters. The third-order valence-electron chi connectivity index (χ3n) is 2.68. The number of ether oxygens (including phenoxy) is 1. The Morgan fingerprint density at radius 2 is 2.05 bits per heavy atom. The highest BCUT2D eigenvalue weighted by Gasteiger charge is 2.16. The topological polar surface area (TPSA) is 68.3 Å². The van der Waals surface area contributed by atoms with Crippen LogP contribution in [0.25, 0.3) is 0 Å². The average molecular weight is 324 g/mol. The number of carbonyl (C=O) groups is 2. The molecule has 21 heavy (non-hydrogen) atoms. The van der Waals surface area contributed by atoms with Gasteiger partial charge in [0.05, 0.1) is 13.2 Å². The number of carbonyl (C=O) groups excluding carboxylic acids is 2. The molecule has 2 heterocycles. The maximum absolute atomic E-state index is 12.0. The minimum atomic E-state index is -0.493. The van der Waals surface area contributed by atoms with E-state index in [9.17, 15) is 9.59 Å². The van der Waals surface area contributed by atoms with Crippen LogP contribution in [0.4, 0.5) is 0 Å². The first-order valence-electron chi connectivity index (χ1n) is 6.62. The quantitative estimate of drug-likeness (QED) is 0.830. The minimum Gasteiger partial charge on any atom is -0.461 e. The summed E-state index contributed by atoms with van der Waals surface area (Å²) in [6.45, 7) is 4.58. The fourth-order valence-corrected chi connectivity index (χ4v) is 3.22. The van der Waals surface area contributed by atoms with Crippen LogP contribution < -0.4 is 5.32 Å². The second-order valence-corrected chi connectivity index (χ2v) is 6.27. The average Bonchev–Trinajstić information content (AvgIpc) is 3.14. The molecule has 0 unspecified atom stereocenters. The maximum Gasteiger partial charge on any atom is 0.367 e. The Balaban J connectivity index is 1.92. The summed E-state index contributed by atoms with van der Waals surface area (Å²) in [5.74, 6) is -0.777. The van der Waals surface area contributed by atoms with Crippen LogP contribution in [0.1, 0.15) is 43.9 Å². The molecule has 1 amide bonds. The fraction of sp³-hybridized carbons (Fsp3) is 0.357. The van der Waals surface area contributed by atoms with Gasteiger partial charge in [0.25, 0.3) is 5.91 Å². The fourth-order valence-electron chi connectivity index (χ4n) is 1.63. The summed E-state index contributed by atoms with van der Waals surface area (Å²) in [5.41, 5.74) is 0.246. The smallest absolute Gasteiger partial charge is 0.367 e. The van der Waals surface area contributed by atoms with Crippen molar-refractivity contribution in [1.29, 1.82) is 0 Å². The van der Waals surface area contributed by atoms with Crippen molar-refractivity contribution < 1.29 is 14.3 Å². The lowest BCUT2D eigenvalue weighted by molar-refractivity contribution is 0.0526. The summed E-state index contributed by atoms with van der Waals surface area (Å²) in [5, 5.41) is 4.56. The zero-order valence-corrected chi connectivity index (χ0v) is 13.5. The maximum atomic E-state index is 12.0. The van der Waals surface area contributed by atoms with Crippen molar-refractivity contribution in [3.8, 4) is 0 Å². The van der Waals surface area contributed by atoms with Crippen molar-refractivity contribution >= 4 is 34.6 Å². The molecule has 0 aliphatic carbocycles. The van der Waals surface area contributed by atoms with Gasteiger partial charge in [0.1, 0.15) is 5.69 Å². The second-order valence-electron chi connectivity index (χ2n) is 4.16. The molecule has 0 aliphatic heterocycles. The van der Waals surface area contributed by atoms with Crippen LogP contribution in [0.3, 0.4) is 0 Å². The number of nitrogens with one attached hydrogen (secondary N) is 1. The van der Waals surface area contributed by atoms with E-state index in [0.717, 1.165) is 22.6 Å². The molecule has 0 aromatic carbocycles. The Kier molecular flexibility index (Phi) is 5.46. The van der Waals surface area contributed by atoms with Gasteiger partial charge >= 0.3 is 5.97 Å². The molecule has 0 fully saturated rings. The monoisotopic (exact) mass is 324 g/mol. The van der Waals surface area contributed by atoms with Gasteiger partial charge in [-0.3, -0.25) is 4.79 Å². The molecule has 0 aliphatic rings. The minimum absolute atomic E-state index is 0.200. The van der Waals surface area contributed by atoms with Gasteiger partial charge in [0, 0.05) is 15.1 Å². The molecular formula is C14H16N2O3S2. The number of hydrogen-bond donors (Lipinski definition) is 1. The van der Waals surface area contributed by atoms with Gasteiger partial charge in [0.2, 0.25) is 5.01 Å². The van der Waals surface area contributed by atoms with Crippen molar-refractivity contribution in [1.82, 2.24) is 10.3 Å². The van der Waals surface area contributed by atoms with Crippen LogP contribution in [-0.4, -0.2) is 23.5 Å². The molecule has 0 radical (unpaired) electrons. The van der Waals surface area contributed by atoms with Gasteiger partial charge in [-0.2, -0.15) is 0 Å². The van der Waals surface area contributed by atoms with Crippen molar-refractivity contribution in [2.45, 2.75) is 26.8 Å². The molecule has 5 nitrogen and oxygen atoms in total. The molecule has 2 rings (SSSR count). The standard InChI is InChI=1S/C14H16N2O3S2/c1-3-9-5-6-10(21-9)7-15-12(17)11-8-20-13(16-11)14(18)19-4-2/h5-6,8H,3-4,7H2,1-2H3,(H,15,17). The van der Waals surface area contributed by atoms with Gasteiger partial charge in [-0.1, -0.05) is 6.92 Å². The van der Waals surface area contributed by atoms with Gasteiger partial charge in [-0.05, 0) is 25.5 Å². The predicted octanol–water partition coefficient (Wildman–Crippen LogP) is 2.87. The van der Waals surface area contributed by atoms with Crippen molar-refractivity contribution in [3.63, 3.8) is 0 Å². The summed E-state index contributed by atoms with van der Waals surface area (Å²) in [6.07, 6.45) is 0.994. The first-order valence-corrected chi connectivity index (χ1v) is 8.32. The van der Waals surface area contributed by atoms with E-state index in [1.807, 2.05) is 6.07 Å². The lowest BCUT2D eigenvalue weighted by Gasteiger charge is -2.00. The molecule has 112 valence electrons. The van der Waals surface area contributed by atoms with Crippen LogP contribution in [0, 0.1) is 0 Å². The summed E-state index contributed by atoms with van der Waals surface area (Å²) < 4.78 is 4.84. The first-order chi connectivity index (χ1) is 10.1. The number of hydrogen-bond acceptors (Lipinski definition) is 6. The van der Waals surface area contributed by atoms with E-state index >= 15 is 0 Å². The molecule has 2 aromatic heterocycles. The largest absolute Gasteiger partial charge is 0.461 e. The summed E-state index contributed by atoms with van der Waals surface area (Å²) in [6, 6.07) is 4.07. The van der Waals surface area contributed by atoms with Crippen LogP contribution in [0.15, 0.2) is 17.5 Å².